The summed E-state index contributed by atoms with van der Waals surface area (Å²) in [6.45, 7) is 5.01. The van der Waals surface area contributed by atoms with E-state index in [1.54, 1.807) is 51.1 Å². The van der Waals surface area contributed by atoms with Gasteiger partial charge in [-0.2, -0.15) is 0 Å². The third kappa shape index (κ3) is 6.34. The molecule has 0 saturated carbocycles. The largest absolute Gasteiger partial charge is 0.459 e. The van der Waals surface area contributed by atoms with E-state index >= 15 is 0 Å². The zero-order valence-electron chi connectivity index (χ0n) is 24.2. The van der Waals surface area contributed by atoms with Gasteiger partial charge in [0, 0.05) is 10.4 Å². The molecule has 2 aliphatic heterocycles. The van der Waals surface area contributed by atoms with Crippen LogP contribution in [0.4, 0.5) is 4.79 Å². The maximum absolute atomic E-state index is 14.1. The SMILES string of the molecule is CC(C)(C)C(=O)C(C(=O)OCc1cccc(Cl)c1)N1C(=O)C(N2C(=O)OC[C@@H]2c2ccccc2)C1C=Cc1ccccc1. The number of hydrogen-bond donors (Lipinski definition) is 0. The number of carbonyl (C=O) groups is 4. The number of ether oxygens (including phenoxy) is 2. The van der Waals surface area contributed by atoms with Gasteiger partial charge in [0.1, 0.15) is 19.3 Å². The predicted octanol–water partition coefficient (Wildman–Crippen LogP) is 5.85. The van der Waals surface area contributed by atoms with Crippen molar-refractivity contribution in [3.05, 3.63) is 113 Å². The third-order valence-corrected chi connectivity index (χ3v) is 7.83. The van der Waals surface area contributed by atoms with Crippen LogP contribution in [-0.4, -0.2) is 58.3 Å². The molecule has 2 aliphatic rings. The highest BCUT2D eigenvalue weighted by Gasteiger charge is 2.60. The summed E-state index contributed by atoms with van der Waals surface area (Å²) in [7, 11) is 0. The molecule has 2 fully saturated rings. The average molecular weight is 601 g/mol. The fraction of sp³-hybridized carbons (Fsp3) is 0.294. The molecule has 0 aromatic heterocycles. The Hall–Kier alpha value is -4.43. The number of rotatable bonds is 9. The van der Waals surface area contributed by atoms with Crippen LogP contribution in [0.25, 0.3) is 6.08 Å². The zero-order valence-corrected chi connectivity index (χ0v) is 24.9. The summed E-state index contributed by atoms with van der Waals surface area (Å²) in [5.41, 5.74) is 1.33. The second-order valence-electron chi connectivity index (χ2n) is 11.6. The lowest BCUT2D eigenvalue weighted by molar-refractivity contribution is -0.175. The molecule has 2 heterocycles. The smallest absolute Gasteiger partial charge is 0.411 e. The highest BCUT2D eigenvalue weighted by Crippen LogP contribution is 2.39. The lowest BCUT2D eigenvalue weighted by atomic mass is 9.81. The number of amides is 2. The molecule has 8 nitrogen and oxygen atoms in total. The van der Waals surface area contributed by atoms with Gasteiger partial charge in [0.05, 0.1) is 12.1 Å². The number of cyclic esters (lactones) is 1. The van der Waals surface area contributed by atoms with Crippen molar-refractivity contribution in [1.29, 1.82) is 0 Å². The normalized spacial score (nSPS) is 21.0. The first-order chi connectivity index (χ1) is 20.6. The molecule has 2 saturated heterocycles. The summed E-state index contributed by atoms with van der Waals surface area (Å²) >= 11 is 6.09. The van der Waals surface area contributed by atoms with Gasteiger partial charge in [-0.05, 0) is 28.8 Å². The number of ketones is 1. The Bertz CT molecular complexity index is 1540. The van der Waals surface area contributed by atoms with Crippen molar-refractivity contribution >= 4 is 41.4 Å². The van der Waals surface area contributed by atoms with Gasteiger partial charge < -0.3 is 14.4 Å². The minimum Gasteiger partial charge on any atom is -0.459 e. The van der Waals surface area contributed by atoms with Crippen LogP contribution in [0.15, 0.2) is 91.0 Å². The average Bonchev–Trinajstić information content (AvgIpc) is 3.36. The number of likely N-dealkylation sites (tertiary alicyclic amines) is 1. The van der Waals surface area contributed by atoms with Gasteiger partial charge in [0.15, 0.2) is 11.8 Å². The first kappa shape index (κ1) is 30.0. The van der Waals surface area contributed by atoms with E-state index in [1.807, 2.05) is 66.7 Å². The van der Waals surface area contributed by atoms with Crippen LogP contribution in [0.2, 0.25) is 5.02 Å². The quantitative estimate of drug-likeness (QED) is 0.174. The van der Waals surface area contributed by atoms with Crippen LogP contribution < -0.4 is 0 Å². The summed E-state index contributed by atoms with van der Waals surface area (Å²) in [5.74, 6) is -1.87. The molecule has 0 aliphatic carbocycles. The van der Waals surface area contributed by atoms with E-state index in [4.69, 9.17) is 21.1 Å². The van der Waals surface area contributed by atoms with Crippen molar-refractivity contribution in [1.82, 2.24) is 9.80 Å². The van der Waals surface area contributed by atoms with Gasteiger partial charge in [-0.3, -0.25) is 14.5 Å². The fourth-order valence-corrected chi connectivity index (χ4v) is 5.57. The minimum atomic E-state index is -1.53. The maximum atomic E-state index is 14.1. The van der Waals surface area contributed by atoms with Gasteiger partial charge in [-0.1, -0.05) is 117 Å². The number of Topliss-reactive ketones (excluding diaryl/α,β-unsaturated/α-hetero) is 1. The number of benzene rings is 3. The second kappa shape index (κ2) is 12.4. The fourth-order valence-electron chi connectivity index (χ4n) is 5.36. The molecule has 3 aromatic rings. The minimum absolute atomic E-state index is 0.0772. The predicted molar refractivity (Wildman–Crippen MR) is 162 cm³/mol. The Labute approximate surface area is 255 Å². The molecular formula is C34H33ClN2O6. The number of esters is 1. The Kier molecular flexibility index (Phi) is 8.69. The lowest BCUT2D eigenvalue weighted by Crippen LogP contribution is -2.75. The second-order valence-corrected chi connectivity index (χ2v) is 12.1. The number of hydrogen-bond acceptors (Lipinski definition) is 6. The molecule has 43 heavy (non-hydrogen) atoms. The van der Waals surface area contributed by atoms with Crippen molar-refractivity contribution in [2.45, 2.75) is 51.5 Å². The van der Waals surface area contributed by atoms with Gasteiger partial charge in [0.25, 0.3) is 0 Å². The maximum Gasteiger partial charge on any atom is 0.411 e. The van der Waals surface area contributed by atoms with Crippen LogP contribution in [-0.2, 0) is 30.5 Å². The molecule has 0 bridgehead atoms. The third-order valence-electron chi connectivity index (χ3n) is 7.59. The van der Waals surface area contributed by atoms with E-state index in [0.29, 0.717) is 10.6 Å². The molecule has 0 radical (unpaired) electrons. The number of carbonyl (C=O) groups excluding carboxylic acids is 4. The van der Waals surface area contributed by atoms with Crippen molar-refractivity contribution < 1.29 is 28.7 Å². The van der Waals surface area contributed by atoms with Crippen LogP contribution >= 0.6 is 11.6 Å². The highest BCUT2D eigenvalue weighted by molar-refractivity contribution is 6.30. The van der Waals surface area contributed by atoms with Crippen molar-refractivity contribution in [2.24, 2.45) is 5.41 Å². The van der Waals surface area contributed by atoms with Crippen molar-refractivity contribution in [3.8, 4) is 0 Å². The summed E-state index contributed by atoms with van der Waals surface area (Å²) in [4.78, 5) is 57.3. The van der Waals surface area contributed by atoms with Gasteiger partial charge in [-0.15, -0.1) is 0 Å². The van der Waals surface area contributed by atoms with Crippen molar-refractivity contribution in [3.63, 3.8) is 0 Å². The topological polar surface area (TPSA) is 93.2 Å². The Morgan fingerprint density at radius 3 is 2.33 bits per heavy atom. The molecule has 9 heteroatoms. The number of halogens is 1. The molecule has 2 amide bonds. The number of nitrogens with zero attached hydrogens (tertiary/aromatic N) is 2. The van der Waals surface area contributed by atoms with E-state index in [-0.39, 0.29) is 13.2 Å². The lowest BCUT2D eigenvalue weighted by Gasteiger charge is -2.52. The van der Waals surface area contributed by atoms with Crippen LogP contribution in [0.1, 0.15) is 43.5 Å². The van der Waals surface area contributed by atoms with Crippen molar-refractivity contribution in [2.75, 3.05) is 6.61 Å². The number of β-lactam (4-membered cyclic amide) rings is 1. The van der Waals surface area contributed by atoms with Gasteiger partial charge in [0.2, 0.25) is 5.91 Å². The van der Waals surface area contributed by atoms with Crippen LogP contribution in [0, 0.1) is 5.41 Å². The summed E-state index contributed by atoms with van der Waals surface area (Å²) in [5, 5.41) is 0.480. The first-order valence-electron chi connectivity index (χ1n) is 14.1. The molecule has 3 aromatic carbocycles. The molecule has 0 N–H and O–H groups in total. The standard InChI is InChI=1S/C34H33ClN2O6/c1-34(2,3)30(38)29(32(40)42-20-23-13-10-16-25(35)19-23)36-26(18-17-22-11-6-4-7-12-22)28(31(36)39)37-27(21-43-33(37)41)24-14-8-5-9-15-24/h4-19,26-29H,20-21H2,1-3H3/t26?,27-,28?,29?/m1/s1. The zero-order chi connectivity index (χ0) is 30.7. The van der Waals surface area contributed by atoms with Crippen LogP contribution in [0.3, 0.4) is 0 Å². The van der Waals surface area contributed by atoms with Gasteiger partial charge >= 0.3 is 12.1 Å². The van der Waals surface area contributed by atoms with E-state index in [9.17, 15) is 19.2 Å². The van der Waals surface area contributed by atoms with E-state index in [1.165, 1.54) is 9.80 Å². The summed E-state index contributed by atoms with van der Waals surface area (Å²) in [6, 6.07) is 21.8. The van der Waals surface area contributed by atoms with Gasteiger partial charge in [-0.25, -0.2) is 9.59 Å². The molecular weight excluding hydrogens is 568 g/mol. The van der Waals surface area contributed by atoms with E-state index < -0.39 is 53.3 Å². The van der Waals surface area contributed by atoms with Crippen LogP contribution in [0.5, 0.6) is 0 Å². The summed E-state index contributed by atoms with van der Waals surface area (Å²) in [6.07, 6.45) is 2.93. The van der Waals surface area contributed by atoms with E-state index in [0.717, 1.165) is 11.1 Å². The molecule has 222 valence electrons. The monoisotopic (exact) mass is 600 g/mol. The summed E-state index contributed by atoms with van der Waals surface area (Å²) < 4.78 is 11.0. The molecule has 0 spiro atoms. The Morgan fingerprint density at radius 1 is 1.00 bits per heavy atom. The van der Waals surface area contributed by atoms with E-state index in [2.05, 4.69) is 0 Å². The Balaban J connectivity index is 1.51. The molecule has 4 atom stereocenters. The molecule has 3 unspecified atom stereocenters. The Morgan fingerprint density at radius 2 is 1.67 bits per heavy atom. The first-order valence-corrected chi connectivity index (χ1v) is 14.4. The molecule has 5 rings (SSSR count). The highest BCUT2D eigenvalue weighted by atomic mass is 35.5.